The summed E-state index contributed by atoms with van der Waals surface area (Å²) in [4.78, 5) is 7.58. The zero-order valence-corrected chi connectivity index (χ0v) is 5.90. The Morgan fingerprint density at radius 1 is 1.64 bits per heavy atom. The average Bonchev–Trinajstić information content (AvgIpc) is 1.90. The summed E-state index contributed by atoms with van der Waals surface area (Å²) in [5.41, 5.74) is 0.603. The third kappa shape index (κ3) is 1.05. The maximum atomic E-state index is 9.24. The number of hydrogen-bond acceptors (Lipinski definition) is 4. The smallest absolute Gasteiger partial charge is 0.158 e. The van der Waals surface area contributed by atoms with E-state index in [0.29, 0.717) is 5.69 Å². The number of rotatable bonds is 1. The predicted octanol–water partition coefficient (Wildman–Crippen LogP) is 0.644. The fourth-order valence-electron chi connectivity index (χ4n) is 1.03. The van der Waals surface area contributed by atoms with Crippen LogP contribution in [0.4, 0.5) is 0 Å². The van der Waals surface area contributed by atoms with Crippen molar-refractivity contribution in [2.75, 3.05) is 6.61 Å². The predicted molar refractivity (Wildman–Crippen MR) is 37.0 cm³/mol. The molecular formula is C7H8N2O2. The Bertz CT molecular complexity index is 260. The van der Waals surface area contributed by atoms with E-state index in [9.17, 15) is 5.11 Å². The largest absolute Gasteiger partial charge is 0.504 e. The summed E-state index contributed by atoms with van der Waals surface area (Å²) < 4.78 is 5.15. The maximum Gasteiger partial charge on any atom is 0.158 e. The van der Waals surface area contributed by atoms with Crippen molar-refractivity contribution in [2.24, 2.45) is 0 Å². The molecule has 0 aliphatic carbocycles. The van der Waals surface area contributed by atoms with Gasteiger partial charge in [-0.3, -0.25) is 0 Å². The molecule has 0 radical (unpaired) electrons. The van der Waals surface area contributed by atoms with E-state index in [1.807, 2.05) is 0 Å². The van der Waals surface area contributed by atoms with E-state index in [-0.39, 0.29) is 11.9 Å². The van der Waals surface area contributed by atoms with Crippen LogP contribution in [-0.2, 0) is 4.74 Å². The molecule has 2 heterocycles. The van der Waals surface area contributed by atoms with E-state index >= 15 is 0 Å². The Hall–Kier alpha value is -1.16. The van der Waals surface area contributed by atoms with Crippen molar-refractivity contribution in [1.82, 2.24) is 9.97 Å². The number of ether oxygens (including phenoxy) is 1. The molecule has 1 unspecified atom stereocenters. The Labute approximate surface area is 63.9 Å². The van der Waals surface area contributed by atoms with Crippen molar-refractivity contribution in [3.63, 3.8) is 0 Å². The molecular weight excluding hydrogens is 144 g/mol. The van der Waals surface area contributed by atoms with Crippen molar-refractivity contribution in [2.45, 2.75) is 12.5 Å². The van der Waals surface area contributed by atoms with Crippen LogP contribution in [0.15, 0.2) is 12.5 Å². The summed E-state index contributed by atoms with van der Waals surface area (Å²) in [6.45, 7) is 0.758. The Morgan fingerprint density at radius 2 is 2.45 bits per heavy atom. The van der Waals surface area contributed by atoms with Crippen LogP contribution in [0.1, 0.15) is 18.2 Å². The molecule has 0 spiro atoms. The summed E-state index contributed by atoms with van der Waals surface area (Å²) in [5.74, 6) is 0.122. The minimum absolute atomic E-state index is 0.0157. The first-order valence-corrected chi connectivity index (χ1v) is 3.48. The van der Waals surface area contributed by atoms with Crippen LogP contribution >= 0.6 is 0 Å². The zero-order valence-electron chi connectivity index (χ0n) is 5.90. The minimum atomic E-state index is -0.0157. The third-order valence-corrected chi connectivity index (χ3v) is 1.73. The van der Waals surface area contributed by atoms with Crippen molar-refractivity contribution in [3.05, 3.63) is 18.2 Å². The van der Waals surface area contributed by atoms with Crippen molar-refractivity contribution in [1.29, 1.82) is 0 Å². The summed E-state index contributed by atoms with van der Waals surface area (Å²) >= 11 is 0. The lowest BCUT2D eigenvalue weighted by Crippen LogP contribution is -2.19. The molecule has 0 aromatic carbocycles. The fourth-order valence-corrected chi connectivity index (χ4v) is 1.03. The average molecular weight is 152 g/mol. The number of aromatic nitrogens is 2. The number of hydrogen-bond donors (Lipinski definition) is 1. The third-order valence-electron chi connectivity index (χ3n) is 1.73. The van der Waals surface area contributed by atoms with Crippen molar-refractivity contribution in [3.8, 4) is 5.75 Å². The van der Waals surface area contributed by atoms with Gasteiger partial charge in [0.15, 0.2) is 5.75 Å². The van der Waals surface area contributed by atoms with Gasteiger partial charge in [-0.05, 0) is 0 Å². The van der Waals surface area contributed by atoms with Crippen LogP contribution in [0.5, 0.6) is 5.75 Å². The second-order valence-electron chi connectivity index (χ2n) is 2.44. The van der Waals surface area contributed by atoms with E-state index in [1.54, 1.807) is 0 Å². The molecule has 1 aromatic heterocycles. The van der Waals surface area contributed by atoms with Crippen molar-refractivity contribution < 1.29 is 9.84 Å². The second-order valence-corrected chi connectivity index (χ2v) is 2.44. The van der Waals surface area contributed by atoms with Gasteiger partial charge in [0, 0.05) is 6.42 Å². The summed E-state index contributed by atoms with van der Waals surface area (Å²) in [6.07, 6.45) is 3.71. The normalized spacial score (nSPS) is 22.7. The Balaban J connectivity index is 2.28. The topological polar surface area (TPSA) is 55.2 Å². The van der Waals surface area contributed by atoms with Gasteiger partial charge in [-0.1, -0.05) is 0 Å². The molecule has 58 valence electrons. The molecule has 0 saturated carbocycles. The summed E-state index contributed by atoms with van der Waals surface area (Å²) in [6, 6.07) is 0. The zero-order chi connectivity index (χ0) is 7.68. The molecule has 1 N–H and O–H groups in total. The molecule has 1 aromatic rings. The number of aromatic hydroxyl groups is 1. The molecule has 2 rings (SSSR count). The van der Waals surface area contributed by atoms with Gasteiger partial charge in [-0.15, -0.1) is 0 Å². The standard InChI is InChI=1S/C7H8N2O2/c10-5-3-8-4-9-7(5)6-1-2-11-6/h3-4,6,10H,1-2H2. The van der Waals surface area contributed by atoms with Gasteiger partial charge >= 0.3 is 0 Å². The van der Waals surface area contributed by atoms with Crippen LogP contribution in [-0.4, -0.2) is 21.7 Å². The highest BCUT2D eigenvalue weighted by Crippen LogP contribution is 2.32. The van der Waals surface area contributed by atoms with Crippen LogP contribution in [0.3, 0.4) is 0 Å². The molecule has 1 aliphatic rings. The van der Waals surface area contributed by atoms with E-state index in [0.717, 1.165) is 13.0 Å². The van der Waals surface area contributed by atoms with Gasteiger partial charge in [0.25, 0.3) is 0 Å². The molecule has 4 heteroatoms. The van der Waals surface area contributed by atoms with E-state index < -0.39 is 0 Å². The van der Waals surface area contributed by atoms with Crippen molar-refractivity contribution >= 4 is 0 Å². The lowest BCUT2D eigenvalue weighted by atomic mass is 10.1. The monoisotopic (exact) mass is 152 g/mol. The lowest BCUT2D eigenvalue weighted by molar-refractivity contribution is -0.0564. The summed E-state index contributed by atoms with van der Waals surface area (Å²) in [7, 11) is 0. The molecule has 1 saturated heterocycles. The van der Waals surface area contributed by atoms with E-state index in [4.69, 9.17) is 4.74 Å². The van der Waals surface area contributed by atoms with Gasteiger partial charge in [0.2, 0.25) is 0 Å². The SMILES string of the molecule is Oc1cncnc1C1CCO1. The molecule has 1 fully saturated rings. The van der Waals surface area contributed by atoms with Gasteiger partial charge in [-0.25, -0.2) is 9.97 Å². The van der Waals surface area contributed by atoms with Crippen LogP contribution < -0.4 is 0 Å². The molecule has 1 aliphatic heterocycles. The second kappa shape index (κ2) is 2.47. The highest BCUT2D eigenvalue weighted by atomic mass is 16.5. The van der Waals surface area contributed by atoms with Gasteiger partial charge in [0.1, 0.15) is 18.1 Å². The highest BCUT2D eigenvalue weighted by Gasteiger charge is 2.24. The number of nitrogens with zero attached hydrogens (tertiary/aromatic N) is 2. The van der Waals surface area contributed by atoms with Gasteiger partial charge < -0.3 is 9.84 Å². The van der Waals surface area contributed by atoms with Crippen LogP contribution in [0.2, 0.25) is 0 Å². The minimum Gasteiger partial charge on any atom is -0.504 e. The van der Waals surface area contributed by atoms with Crippen LogP contribution in [0, 0.1) is 0 Å². The first kappa shape index (κ1) is 6.54. The van der Waals surface area contributed by atoms with Crippen LogP contribution in [0.25, 0.3) is 0 Å². The first-order chi connectivity index (χ1) is 5.38. The lowest BCUT2D eigenvalue weighted by Gasteiger charge is -2.25. The molecule has 4 nitrogen and oxygen atoms in total. The molecule has 0 amide bonds. The highest BCUT2D eigenvalue weighted by molar-refractivity contribution is 5.24. The molecule has 11 heavy (non-hydrogen) atoms. The maximum absolute atomic E-state index is 9.24. The Kier molecular flexibility index (Phi) is 1.47. The van der Waals surface area contributed by atoms with E-state index in [2.05, 4.69) is 9.97 Å². The first-order valence-electron chi connectivity index (χ1n) is 3.48. The van der Waals surface area contributed by atoms with Gasteiger partial charge in [0.05, 0.1) is 12.8 Å². The molecule has 0 bridgehead atoms. The summed E-state index contributed by atoms with van der Waals surface area (Å²) in [5, 5.41) is 9.24. The van der Waals surface area contributed by atoms with Gasteiger partial charge in [-0.2, -0.15) is 0 Å². The fraction of sp³-hybridized carbons (Fsp3) is 0.429. The quantitative estimate of drug-likeness (QED) is 0.641. The van der Waals surface area contributed by atoms with E-state index in [1.165, 1.54) is 12.5 Å². The Morgan fingerprint density at radius 3 is 3.00 bits per heavy atom. The molecule has 1 atom stereocenters.